The summed E-state index contributed by atoms with van der Waals surface area (Å²) >= 11 is 0. The largest absolute Gasteiger partial charge is 0.339 e. The Kier molecular flexibility index (Phi) is 2.21. The Morgan fingerprint density at radius 3 is 2.79 bits per heavy atom. The van der Waals surface area contributed by atoms with Gasteiger partial charge in [0.15, 0.2) is 0 Å². The second-order valence-electron chi connectivity index (χ2n) is 5.65. The number of nitrogens with one attached hydrogen (secondary N) is 1. The predicted molar refractivity (Wildman–Crippen MR) is 77.9 cm³/mol. The van der Waals surface area contributed by atoms with Crippen LogP contribution < -0.4 is 5.73 Å². The molecule has 3 N–H and O–H groups in total. The van der Waals surface area contributed by atoms with E-state index in [9.17, 15) is 0 Å². The van der Waals surface area contributed by atoms with E-state index >= 15 is 0 Å². The lowest BCUT2D eigenvalue weighted by atomic mass is 9.88. The highest BCUT2D eigenvalue weighted by Gasteiger charge is 2.31. The number of aromatic nitrogens is 2. The van der Waals surface area contributed by atoms with E-state index in [0.717, 1.165) is 24.0 Å². The van der Waals surface area contributed by atoms with Crippen molar-refractivity contribution in [3.8, 4) is 0 Å². The van der Waals surface area contributed by atoms with Crippen LogP contribution in [0.2, 0.25) is 0 Å². The molecule has 1 aliphatic carbocycles. The molecule has 0 saturated heterocycles. The van der Waals surface area contributed by atoms with Crippen LogP contribution >= 0.6 is 0 Å². The average molecular weight is 251 g/mol. The van der Waals surface area contributed by atoms with Gasteiger partial charge in [0.25, 0.3) is 0 Å². The molecular weight excluding hydrogens is 234 g/mol. The van der Waals surface area contributed by atoms with Crippen LogP contribution in [0.1, 0.15) is 31.2 Å². The number of nitrogens with zero attached hydrogens (tertiary/aromatic N) is 1. The van der Waals surface area contributed by atoms with Crippen LogP contribution in [0.25, 0.3) is 21.9 Å². The molecule has 0 radical (unpaired) electrons. The van der Waals surface area contributed by atoms with Crippen molar-refractivity contribution in [3.05, 3.63) is 42.1 Å². The van der Waals surface area contributed by atoms with Crippen molar-refractivity contribution in [2.45, 2.75) is 31.2 Å². The van der Waals surface area contributed by atoms with Crippen molar-refractivity contribution in [3.63, 3.8) is 0 Å². The van der Waals surface area contributed by atoms with E-state index in [1.54, 1.807) is 0 Å². The topological polar surface area (TPSA) is 54.7 Å². The van der Waals surface area contributed by atoms with Crippen LogP contribution in [0.5, 0.6) is 0 Å². The summed E-state index contributed by atoms with van der Waals surface area (Å²) in [6, 6.07) is 10.7. The lowest BCUT2D eigenvalue weighted by Gasteiger charge is -2.24. The van der Waals surface area contributed by atoms with Gasteiger partial charge in [0.05, 0.1) is 0 Å². The molecular formula is C16H17N3. The highest BCUT2D eigenvalue weighted by molar-refractivity contribution is 6.05. The molecule has 1 aromatic carbocycles. The van der Waals surface area contributed by atoms with E-state index in [2.05, 4.69) is 34.2 Å². The van der Waals surface area contributed by atoms with E-state index in [1.165, 1.54) is 29.2 Å². The van der Waals surface area contributed by atoms with E-state index in [-0.39, 0.29) is 5.54 Å². The molecule has 0 aliphatic heterocycles. The molecule has 2 aromatic heterocycles. The third-order valence-corrected chi connectivity index (χ3v) is 4.44. The number of benzene rings is 1. The number of nitrogens with two attached hydrogens (primary N) is 1. The molecule has 3 heteroatoms. The van der Waals surface area contributed by atoms with E-state index in [0.29, 0.717) is 0 Å². The zero-order valence-electron chi connectivity index (χ0n) is 10.8. The highest BCUT2D eigenvalue weighted by Crippen LogP contribution is 2.38. The maximum atomic E-state index is 6.56. The van der Waals surface area contributed by atoms with Crippen molar-refractivity contribution in [1.29, 1.82) is 0 Å². The average Bonchev–Trinajstić information content (AvgIpc) is 3.02. The molecule has 4 rings (SSSR count). The predicted octanol–water partition coefficient (Wildman–Crippen LogP) is 3.44. The molecule has 2 heterocycles. The van der Waals surface area contributed by atoms with Gasteiger partial charge in [0.2, 0.25) is 0 Å². The number of fused-ring (bicyclic) bond motifs is 3. The molecule has 96 valence electrons. The summed E-state index contributed by atoms with van der Waals surface area (Å²) in [5.41, 5.74) is 9.79. The second kappa shape index (κ2) is 3.81. The van der Waals surface area contributed by atoms with Crippen LogP contribution in [0.15, 0.2) is 36.5 Å². The third-order valence-electron chi connectivity index (χ3n) is 4.44. The molecule has 1 fully saturated rings. The van der Waals surface area contributed by atoms with Crippen LogP contribution in [-0.2, 0) is 5.54 Å². The van der Waals surface area contributed by atoms with Crippen molar-refractivity contribution >= 4 is 21.9 Å². The summed E-state index contributed by atoms with van der Waals surface area (Å²) in [7, 11) is 0. The first kappa shape index (κ1) is 11.0. The van der Waals surface area contributed by atoms with Crippen LogP contribution in [-0.4, -0.2) is 9.97 Å². The monoisotopic (exact) mass is 251 g/mol. The minimum absolute atomic E-state index is 0.125. The third kappa shape index (κ3) is 1.58. The van der Waals surface area contributed by atoms with Crippen molar-refractivity contribution in [2.24, 2.45) is 5.73 Å². The molecule has 3 nitrogen and oxygen atoms in total. The van der Waals surface area contributed by atoms with Gasteiger partial charge in [-0.1, -0.05) is 18.9 Å². The van der Waals surface area contributed by atoms with Crippen molar-refractivity contribution in [2.75, 3.05) is 0 Å². The van der Waals surface area contributed by atoms with Crippen LogP contribution in [0.3, 0.4) is 0 Å². The van der Waals surface area contributed by atoms with E-state index < -0.39 is 0 Å². The summed E-state index contributed by atoms with van der Waals surface area (Å²) in [6.07, 6.45) is 6.49. The van der Waals surface area contributed by atoms with Crippen LogP contribution in [0.4, 0.5) is 0 Å². The van der Waals surface area contributed by atoms with Gasteiger partial charge < -0.3 is 10.7 Å². The summed E-state index contributed by atoms with van der Waals surface area (Å²) in [6.45, 7) is 0. The van der Waals surface area contributed by atoms with E-state index in [4.69, 9.17) is 5.73 Å². The van der Waals surface area contributed by atoms with E-state index in [1.807, 2.05) is 12.3 Å². The van der Waals surface area contributed by atoms with Gasteiger partial charge in [-0.3, -0.25) is 0 Å². The number of pyridine rings is 1. The number of aromatic amines is 1. The van der Waals surface area contributed by atoms with Crippen LogP contribution in [0, 0.1) is 0 Å². The fourth-order valence-corrected chi connectivity index (χ4v) is 3.33. The fraction of sp³-hybridized carbons (Fsp3) is 0.312. The Morgan fingerprint density at radius 1 is 1.11 bits per heavy atom. The molecule has 3 aromatic rings. The molecule has 1 aliphatic rings. The second-order valence-corrected chi connectivity index (χ2v) is 5.65. The number of rotatable bonds is 1. The standard InChI is InChI=1S/C16H17N3/c17-16(7-1-2-8-16)11-5-6-14-13(10-11)12-4-3-9-18-15(12)19-14/h3-6,9-10H,1-2,7-8,17H2,(H,18,19). The SMILES string of the molecule is NC1(c2ccc3[nH]c4ncccc4c3c2)CCCC1. The first-order chi connectivity index (χ1) is 9.26. The molecule has 0 spiro atoms. The van der Waals surface area contributed by atoms with Crippen molar-refractivity contribution in [1.82, 2.24) is 9.97 Å². The number of H-pyrrole nitrogens is 1. The maximum absolute atomic E-state index is 6.56. The molecule has 1 saturated carbocycles. The molecule has 0 bridgehead atoms. The maximum Gasteiger partial charge on any atom is 0.138 e. The quantitative estimate of drug-likeness (QED) is 0.696. The molecule has 0 atom stereocenters. The zero-order valence-corrected chi connectivity index (χ0v) is 10.8. The fourth-order valence-electron chi connectivity index (χ4n) is 3.33. The highest BCUT2D eigenvalue weighted by atomic mass is 14.8. The minimum atomic E-state index is -0.125. The molecule has 0 unspecified atom stereocenters. The molecule has 19 heavy (non-hydrogen) atoms. The van der Waals surface area contributed by atoms with Crippen molar-refractivity contribution < 1.29 is 0 Å². The minimum Gasteiger partial charge on any atom is -0.339 e. The first-order valence-electron chi connectivity index (χ1n) is 6.92. The summed E-state index contributed by atoms with van der Waals surface area (Å²) in [5, 5.41) is 2.42. The van der Waals surface area contributed by atoms with Gasteiger partial charge in [-0.2, -0.15) is 0 Å². The lowest BCUT2D eigenvalue weighted by molar-refractivity contribution is 0.462. The lowest BCUT2D eigenvalue weighted by Crippen LogP contribution is -2.32. The van der Waals surface area contributed by atoms with Gasteiger partial charge in [-0.25, -0.2) is 4.98 Å². The van der Waals surface area contributed by atoms with Gasteiger partial charge in [0, 0.05) is 28.0 Å². The zero-order chi connectivity index (χ0) is 12.9. The Labute approximate surface area is 111 Å². The Balaban J connectivity index is 1.97. The summed E-state index contributed by atoms with van der Waals surface area (Å²) < 4.78 is 0. The number of hydrogen-bond donors (Lipinski definition) is 2. The normalized spacial score (nSPS) is 18.4. The smallest absolute Gasteiger partial charge is 0.138 e. The van der Waals surface area contributed by atoms with Gasteiger partial charge >= 0.3 is 0 Å². The van der Waals surface area contributed by atoms with Gasteiger partial charge in [-0.05, 0) is 42.7 Å². The summed E-state index contributed by atoms with van der Waals surface area (Å²) in [4.78, 5) is 7.73. The Morgan fingerprint density at radius 2 is 1.95 bits per heavy atom. The number of hydrogen-bond acceptors (Lipinski definition) is 2. The molecule has 0 amide bonds. The first-order valence-corrected chi connectivity index (χ1v) is 6.92. The van der Waals surface area contributed by atoms with Gasteiger partial charge in [0.1, 0.15) is 5.65 Å². The summed E-state index contributed by atoms with van der Waals surface area (Å²) in [5.74, 6) is 0. The van der Waals surface area contributed by atoms with Gasteiger partial charge in [-0.15, -0.1) is 0 Å². The Hall–Kier alpha value is -1.87. The Bertz CT molecular complexity index is 751.